The van der Waals surface area contributed by atoms with Crippen LogP contribution in [0.5, 0.6) is 0 Å². The van der Waals surface area contributed by atoms with Gasteiger partial charge in [0, 0.05) is 17.8 Å². The van der Waals surface area contributed by atoms with Crippen LogP contribution in [0.4, 0.5) is 10.1 Å². The van der Waals surface area contributed by atoms with Gasteiger partial charge in [-0.1, -0.05) is 35.9 Å². The number of benzene rings is 2. The number of anilines is 1. The predicted octanol–water partition coefficient (Wildman–Crippen LogP) is 1.52. The van der Waals surface area contributed by atoms with Crippen LogP contribution in [0.1, 0.15) is 22.3 Å². The van der Waals surface area contributed by atoms with Gasteiger partial charge in [0.1, 0.15) is 5.82 Å². The van der Waals surface area contributed by atoms with Crippen molar-refractivity contribution in [1.29, 1.82) is 0 Å². The molecule has 27 heavy (non-hydrogen) atoms. The first-order valence-electron chi connectivity index (χ1n) is 8.95. The molecule has 3 N–H and O–H groups in total. The molecule has 0 fully saturated rings. The van der Waals surface area contributed by atoms with Crippen molar-refractivity contribution in [2.45, 2.75) is 27.3 Å². The molecule has 144 valence electrons. The van der Waals surface area contributed by atoms with E-state index < -0.39 is 0 Å². The first-order chi connectivity index (χ1) is 12.8. The lowest BCUT2D eigenvalue weighted by molar-refractivity contribution is -0.862. The zero-order chi connectivity index (χ0) is 20.0. The largest absolute Gasteiger partial charge is 0.347 e. The molecule has 0 spiro atoms. The third-order valence-electron chi connectivity index (χ3n) is 4.30. The number of quaternary nitrogens is 1. The van der Waals surface area contributed by atoms with Crippen molar-refractivity contribution in [2.24, 2.45) is 0 Å². The lowest BCUT2D eigenvalue weighted by Gasteiger charge is -2.16. The Balaban J connectivity index is 1.82. The number of halogens is 1. The van der Waals surface area contributed by atoms with Gasteiger partial charge in [0.2, 0.25) is 0 Å². The monoisotopic (exact) mass is 372 g/mol. The van der Waals surface area contributed by atoms with Gasteiger partial charge in [-0.25, -0.2) is 4.39 Å². The van der Waals surface area contributed by atoms with Gasteiger partial charge in [0.05, 0.1) is 7.05 Å². The minimum Gasteiger partial charge on any atom is -0.347 e. The van der Waals surface area contributed by atoms with Gasteiger partial charge in [-0.2, -0.15) is 0 Å². The zero-order valence-electron chi connectivity index (χ0n) is 16.3. The highest BCUT2D eigenvalue weighted by molar-refractivity contribution is 5.93. The molecule has 5 nitrogen and oxygen atoms in total. The summed E-state index contributed by atoms with van der Waals surface area (Å²) >= 11 is 0. The van der Waals surface area contributed by atoms with E-state index in [4.69, 9.17) is 0 Å². The molecule has 0 radical (unpaired) electrons. The standard InChI is InChI=1S/C21H26FN3O2/c1-14-9-15(2)21(16(3)10-14)24-20(27)13-25(4)12-19(26)23-11-17-7-5-6-8-18(17)22/h5-10H,11-13H2,1-4H3,(H,23,26)(H,24,27)/p+1. The number of hydrogen-bond donors (Lipinski definition) is 3. The highest BCUT2D eigenvalue weighted by Crippen LogP contribution is 2.21. The lowest BCUT2D eigenvalue weighted by Crippen LogP contribution is -3.11. The molecule has 0 aliphatic carbocycles. The third-order valence-corrected chi connectivity index (χ3v) is 4.30. The molecule has 6 heteroatoms. The number of carbonyl (C=O) groups is 2. The molecule has 0 aliphatic heterocycles. The summed E-state index contributed by atoms with van der Waals surface area (Å²) in [5.41, 5.74) is 4.44. The molecule has 1 unspecified atom stereocenters. The van der Waals surface area contributed by atoms with Crippen molar-refractivity contribution in [3.63, 3.8) is 0 Å². The molecular formula is C21H27FN3O2+. The first kappa shape index (κ1) is 20.6. The second-order valence-electron chi connectivity index (χ2n) is 7.00. The normalized spacial score (nSPS) is 11.7. The van der Waals surface area contributed by atoms with Gasteiger partial charge in [0.25, 0.3) is 11.8 Å². The number of nitrogens with one attached hydrogen (secondary N) is 3. The summed E-state index contributed by atoms with van der Waals surface area (Å²) in [5, 5.41) is 5.62. The van der Waals surface area contributed by atoms with Crippen LogP contribution < -0.4 is 15.5 Å². The van der Waals surface area contributed by atoms with E-state index in [1.807, 2.05) is 32.9 Å². The number of rotatable bonds is 7. The molecule has 2 amide bonds. The summed E-state index contributed by atoms with van der Waals surface area (Å²) < 4.78 is 13.6. The van der Waals surface area contributed by atoms with Crippen LogP contribution in [0.15, 0.2) is 36.4 Å². The molecule has 0 bridgehead atoms. The molecule has 0 saturated carbocycles. The van der Waals surface area contributed by atoms with Crippen LogP contribution in [0, 0.1) is 26.6 Å². The van der Waals surface area contributed by atoms with Crippen LogP contribution in [-0.2, 0) is 16.1 Å². The number of amides is 2. The summed E-state index contributed by atoms with van der Waals surface area (Å²) in [6.45, 7) is 6.37. The fraction of sp³-hybridized carbons (Fsp3) is 0.333. The number of likely N-dealkylation sites (N-methyl/N-ethyl adjacent to an activating group) is 1. The molecule has 0 aromatic heterocycles. The van der Waals surface area contributed by atoms with Crippen molar-refractivity contribution in [2.75, 3.05) is 25.5 Å². The maximum Gasteiger partial charge on any atom is 0.279 e. The van der Waals surface area contributed by atoms with E-state index >= 15 is 0 Å². The maximum atomic E-state index is 13.6. The predicted molar refractivity (Wildman–Crippen MR) is 104 cm³/mol. The maximum absolute atomic E-state index is 13.6. The van der Waals surface area contributed by atoms with Gasteiger partial charge >= 0.3 is 0 Å². The fourth-order valence-corrected chi connectivity index (χ4v) is 3.07. The summed E-state index contributed by atoms with van der Waals surface area (Å²) in [7, 11) is 1.77. The Hall–Kier alpha value is -2.73. The van der Waals surface area contributed by atoms with Crippen molar-refractivity contribution >= 4 is 17.5 Å². The number of aryl methyl sites for hydroxylation is 3. The van der Waals surface area contributed by atoms with E-state index in [0.717, 1.165) is 27.3 Å². The van der Waals surface area contributed by atoms with Crippen molar-refractivity contribution in [3.05, 3.63) is 64.5 Å². The molecule has 2 rings (SSSR count). The van der Waals surface area contributed by atoms with Gasteiger partial charge in [-0.05, 0) is 38.0 Å². The van der Waals surface area contributed by atoms with E-state index in [1.54, 1.807) is 25.2 Å². The summed E-state index contributed by atoms with van der Waals surface area (Å²) in [6, 6.07) is 10.4. The second-order valence-corrected chi connectivity index (χ2v) is 7.00. The first-order valence-corrected chi connectivity index (χ1v) is 8.95. The Kier molecular flexibility index (Phi) is 7.07. The van der Waals surface area contributed by atoms with E-state index in [9.17, 15) is 14.0 Å². The Morgan fingerprint density at radius 1 is 1.00 bits per heavy atom. The SMILES string of the molecule is Cc1cc(C)c(NC(=O)C[NH+](C)CC(=O)NCc2ccccc2F)c(C)c1. The van der Waals surface area contributed by atoms with Gasteiger partial charge in [-0.3, -0.25) is 9.59 Å². The Morgan fingerprint density at radius 3 is 2.22 bits per heavy atom. The topological polar surface area (TPSA) is 62.6 Å². The number of carbonyl (C=O) groups excluding carboxylic acids is 2. The third kappa shape index (κ3) is 6.18. The van der Waals surface area contributed by atoms with Gasteiger partial charge in [0.15, 0.2) is 13.1 Å². The van der Waals surface area contributed by atoms with Crippen molar-refractivity contribution in [1.82, 2.24) is 5.32 Å². The van der Waals surface area contributed by atoms with Crippen molar-refractivity contribution < 1.29 is 18.9 Å². The molecule has 2 aromatic rings. The lowest BCUT2D eigenvalue weighted by atomic mass is 10.1. The fourth-order valence-electron chi connectivity index (χ4n) is 3.07. The summed E-state index contributed by atoms with van der Waals surface area (Å²) in [4.78, 5) is 25.1. The average Bonchev–Trinajstić information content (AvgIpc) is 2.57. The molecular weight excluding hydrogens is 345 g/mol. The minimum absolute atomic E-state index is 0.132. The van der Waals surface area contributed by atoms with Gasteiger partial charge < -0.3 is 15.5 Å². The summed E-state index contributed by atoms with van der Waals surface area (Å²) in [6.07, 6.45) is 0. The van der Waals surface area contributed by atoms with E-state index in [-0.39, 0.29) is 37.3 Å². The smallest absolute Gasteiger partial charge is 0.279 e. The molecule has 1 atom stereocenters. The van der Waals surface area contributed by atoms with Crippen LogP contribution in [0.3, 0.4) is 0 Å². The van der Waals surface area contributed by atoms with Crippen LogP contribution >= 0.6 is 0 Å². The van der Waals surface area contributed by atoms with Crippen LogP contribution in [-0.4, -0.2) is 32.0 Å². The van der Waals surface area contributed by atoms with E-state index in [0.29, 0.717) is 5.56 Å². The quantitative estimate of drug-likeness (QED) is 0.690. The second kappa shape index (κ2) is 9.28. The molecule has 2 aromatic carbocycles. The minimum atomic E-state index is -0.346. The molecule has 0 saturated heterocycles. The number of hydrogen-bond acceptors (Lipinski definition) is 2. The van der Waals surface area contributed by atoms with Crippen LogP contribution in [0.2, 0.25) is 0 Å². The Morgan fingerprint density at radius 2 is 1.59 bits per heavy atom. The molecule has 0 heterocycles. The average molecular weight is 372 g/mol. The van der Waals surface area contributed by atoms with Gasteiger partial charge in [-0.15, -0.1) is 0 Å². The zero-order valence-corrected chi connectivity index (χ0v) is 16.3. The Labute approximate surface area is 159 Å². The van der Waals surface area contributed by atoms with Crippen molar-refractivity contribution in [3.8, 4) is 0 Å². The molecule has 0 aliphatic rings. The van der Waals surface area contributed by atoms with E-state index in [1.165, 1.54) is 6.07 Å². The van der Waals surface area contributed by atoms with E-state index in [2.05, 4.69) is 10.6 Å². The van der Waals surface area contributed by atoms with Crippen LogP contribution in [0.25, 0.3) is 0 Å². The summed E-state index contributed by atoms with van der Waals surface area (Å²) in [5.74, 6) is -0.725. The Bertz CT molecular complexity index is 813. The highest BCUT2D eigenvalue weighted by atomic mass is 19.1. The highest BCUT2D eigenvalue weighted by Gasteiger charge is 2.16.